The Hall–Kier alpha value is -2.64. The zero-order valence-electron chi connectivity index (χ0n) is 28.0. The van der Waals surface area contributed by atoms with E-state index in [1.54, 1.807) is 60.7 Å². The summed E-state index contributed by atoms with van der Waals surface area (Å²) in [7, 11) is 4.84. The van der Waals surface area contributed by atoms with Gasteiger partial charge in [-0.1, -0.05) is 68.1 Å². The van der Waals surface area contributed by atoms with Crippen LogP contribution < -0.4 is 51.4 Å². The molecule has 3 rings (SSSR count). The Bertz CT molecular complexity index is 1330. The summed E-state index contributed by atoms with van der Waals surface area (Å²) in [4.78, 5) is 55.3. The number of Topliss-reactive ketones (excluding diaryl/α,β-unsaturated/α-hetero) is 1. The van der Waals surface area contributed by atoms with Gasteiger partial charge in [-0.3, -0.25) is 4.79 Å². The largest absolute Gasteiger partial charge is 1.00 e. The SMILES string of the molecule is C.CCOCC(=O)OC.COC(=O)C(=O)c1ccccc1.COC(=O)c1oc(C(=O)OC)c(-c2ccccc2)c1O.C[C-](C)C.I.O.[K+]. The average molecular weight is 817 g/mol. The molecule has 1 aromatic heterocycles. The van der Waals surface area contributed by atoms with Crippen LogP contribution in [0.2, 0.25) is 0 Å². The molecule has 3 N–H and O–H groups in total. The number of ketones is 1. The molecule has 0 amide bonds. The fourth-order valence-electron chi connectivity index (χ4n) is 2.81. The normalized spacial score (nSPS) is 8.69. The van der Waals surface area contributed by atoms with Crippen LogP contribution >= 0.6 is 24.0 Å². The van der Waals surface area contributed by atoms with Crippen molar-refractivity contribution in [3.8, 4) is 16.9 Å². The first-order valence-electron chi connectivity index (χ1n) is 13.1. The van der Waals surface area contributed by atoms with Crippen molar-refractivity contribution in [2.75, 3.05) is 41.7 Å². The van der Waals surface area contributed by atoms with Gasteiger partial charge >= 0.3 is 75.3 Å². The quantitative estimate of drug-likeness (QED) is 0.0665. The van der Waals surface area contributed by atoms with Crippen molar-refractivity contribution in [1.82, 2.24) is 0 Å². The van der Waals surface area contributed by atoms with E-state index in [1.807, 2.05) is 6.92 Å². The molecule has 13 nitrogen and oxygen atoms in total. The summed E-state index contributed by atoms with van der Waals surface area (Å²) in [5, 5.41) is 10.1. The predicted molar refractivity (Wildman–Crippen MR) is 186 cm³/mol. The molecule has 0 aliphatic heterocycles. The maximum absolute atomic E-state index is 11.7. The fourth-order valence-corrected chi connectivity index (χ4v) is 2.81. The van der Waals surface area contributed by atoms with Gasteiger partial charge in [0.15, 0.2) is 5.75 Å². The first-order valence-corrected chi connectivity index (χ1v) is 13.1. The number of benzene rings is 2. The Kier molecular flexibility index (Phi) is 36.1. The van der Waals surface area contributed by atoms with Crippen LogP contribution in [0.3, 0.4) is 0 Å². The molecule has 48 heavy (non-hydrogen) atoms. The van der Waals surface area contributed by atoms with Gasteiger partial charge in [-0.15, -0.1) is 24.0 Å². The van der Waals surface area contributed by atoms with Crippen molar-refractivity contribution in [1.29, 1.82) is 0 Å². The number of carbonyl (C=O) groups excluding carboxylic acids is 5. The van der Waals surface area contributed by atoms with Gasteiger partial charge in [0.25, 0.3) is 11.5 Å². The van der Waals surface area contributed by atoms with E-state index in [0.29, 0.717) is 17.7 Å². The Morgan fingerprint density at radius 2 is 1.19 bits per heavy atom. The van der Waals surface area contributed by atoms with Gasteiger partial charge in [0.05, 0.1) is 34.0 Å². The van der Waals surface area contributed by atoms with Crippen LogP contribution in [0, 0.1) is 5.92 Å². The van der Waals surface area contributed by atoms with Crippen LogP contribution in [-0.2, 0) is 33.3 Å². The standard InChI is InChI=1S/C14H12O6.C9H8O3.C5H10O3.C4H9.CH4.HI.K.H2O/c1-18-13(16)11-9(8-6-4-3-5-7-8)10(15)12(20-11)14(17)19-2;1-12-9(11)8(10)7-5-3-2-4-6-7;1-3-8-4-5(6)7-2;1-4(2)3;;;;/h3-7,15H,1-2H3;2-6H,1H3;3-4H2,1-2H3;1-3H3;1H4;1H;;1H2/q;;;-1;;;+1;. The van der Waals surface area contributed by atoms with Crippen molar-refractivity contribution in [3.63, 3.8) is 0 Å². The molecule has 0 aliphatic carbocycles. The van der Waals surface area contributed by atoms with Crippen LogP contribution in [0.1, 0.15) is 66.6 Å². The summed E-state index contributed by atoms with van der Waals surface area (Å²) in [6.07, 6.45) is 0. The van der Waals surface area contributed by atoms with Crippen molar-refractivity contribution in [2.45, 2.75) is 35.1 Å². The average Bonchev–Trinajstić information content (AvgIpc) is 3.39. The van der Waals surface area contributed by atoms with Crippen LogP contribution in [0.5, 0.6) is 5.75 Å². The zero-order valence-corrected chi connectivity index (χ0v) is 33.5. The molecule has 0 saturated heterocycles. The van der Waals surface area contributed by atoms with Crippen molar-refractivity contribution < 1.29 is 114 Å². The van der Waals surface area contributed by atoms with Crippen LogP contribution in [0.25, 0.3) is 11.1 Å². The number of methoxy groups -OCH3 is 4. The second-order valence-corrected chi connectivity index (χ2v) is 8.73. The van der Waals surface area contributed by atoms with Gasteiger partial charge in [0, 0.05) is 12.2 Å². The van der Waals surface area contributed by atoms with Gasteiger partial charge in [0.1, 0.15) is 6.61 Å². The number of carbonyl (C=O) groups is 5. The monoisotopic (exact) mass is 816 g/mol. The molecule has 1 heterocycles. The smallest absolute Gasteiger partial charge is 0.504 e. The molecule has 0 radical (unpaired) electrons. The van der Waals surface area contributed by atoms with Crippen molar-refractivity contribution >= 4 is 53.6 Å². The third-order valence-electron chi connectivity index (χ3n) is 4.75. The van der Waals surface area contributed by atoms with E-state index in [-0.39, 0.29) is 112 Å². The van der Waals surface area contributed by atoms with Crippen LogP contribution in [-0.4, -0.2) is 81.9 Å². The topological polar surface area (TPSA) is 196 Å². The number of halogens is 1. The Labute approximate surface area is 341 Å². The van der Waals surface area contributed by atoms with Gasteiger partial charge in [0.2, 0.25) is 5.76 Å². The van der Waals surface area contributed by atoms with E-state index in [2.05, 4.69) is 39.7 Å². The van der Waals surface area contributed by atoms with Crippen molar-refractivity contribution in [3.05, 3.63) is 83.7 Å². The Morgan fingerprint density at radius 3 is 1.58 bits per heavy atom. The van der Waals surface area contributed by atoms with E-state index in [0.717, 1.165) is 7.11 Å². The second-order valence-electron chi connectivity index (χ2n) is 8.73. The predicted octanol–water partition coefficient (Wildman–Crippen LogP) is 2.52. The maximum Gasteiger partial charge on any atom is 1.00 e. The summed E-state index contributed by atoms with van der Waals surface area (Å²) in [6.45, 7) is 8.69. The molecule has 0 fully saturated rings. The first kappa shape index (κ1) is 54.8. The number of hydrogen-bond acceptors (Lipinski definition) is 12. The van der Waals surface area contributed by atoms with Crippen molar-refractivity contribution in [2.24, 2.45) is 0 Å². The van der Waals surface area contributed by atoms with E-state index in [4.69, 9.17) is 9.15 Å². The minimum Gasteiger partial charge on any atom is -0.504 e. The van der Waals surface area contributed by atoms with Gasteiger partial charge in [-0.2, -0.15) is 20.8 Å². The molecular formula is C33H46IKO13. The summed E-state index contributed by atoms with van der Waals surface area (Å²) >= 11 is 0. The zero-order chi connectivity index (χ0) is 33.7. The molecule has 0 atom stereocenters. The summed E-state index contributed by atoms with van der Waals surface area (Å²) in [5.74, 6) is -3.18. The minimum absolute atomic E-state index is 0. The van der Waals surface area contributed by atoms with Crippen LogP contribution in [0.4, 0.5) is 0 Å². The van der Waals surface area contributed by atoms with E-state index < -0.39 is 35.2 Å². The molecule has 0 saturated carbocycles. The molecular weight excluding hydrogens is 770 g/mol. The number of ether oxygens (including phenoxy) is 5. The molecule has 264 valence electrons. The van der Waals surface area contributed by atoms with Gasteiger partial charge in [-0.25, -0.2) is 19.2 Å². The second kappa shape index (κ2) is 31.6. The summed E-state index contributed by atoms with van der Waals surface area (Å²) in [5.41, 5.74) is 0.964. The maximum atomic E-state index is 11.7. The molecule has 3 aromatic rings. The first-order chi connectivity index (χ1) is 20.9. The Balaban J connectivity index is -0.000000190. The van der Waals surface area contributed by atoms with Gasteiger partial charge in [-0.05, 0) is 12.5 Å². The number of esters is 4. The third-order valence-corrected chi connectivity index (χ3v) is 4.75. The number of furan rings is 1. The van der Waals surface area contributed by atoms with E-state index >= 15 is 0 Å². The van der Waals surface area contributed by atoms with Crippen LogP contribution in [0.15, 0.2) is 65.1 Å². The number of hydrogen-bond donors (Lipinski definition) is 1. The fraction of sp³-hybridized carbons (Fsp3) is 0.333. The van der Waals surface area contributed by atoms with E-state index in [9.17, 15) is 29.1 Å². The number of rotatable bonds is 8. The molecule has 0 aliphatic rings. The summed E-state index contributed by atoms with van der Waals surface area (Å²) in [6, 6.07) is 16.8. The molecule has 0 spiro atoms. The van der Waals surface area contributed by atoms with Gasteiger partial charge < -0.3 is 44.6 Å². The minimum atomic E-state index is -0.880. The summed E-state index contributed by atoms with van der Waals surface area (Å²) < 4.78 is 27.5. The molecule has 0 bridgehead atoms. The molecule has 0 unspecified atom stereocenters. The number of aromatic hydroxyl groups is 1. The molecule has 2 aromatic carbocycles. The molecule has 15 heteroatoms. The Morgan fingerprint density at radius 1 is 0.750 bits per heavy atom. The van der Waals surface area contributed by atoms with E-state index in [1.165, 1.54) is 27.2 Å². The third kappa shape index (κ3) is 20.7.